The van der Waals surface area contributed by atoms with Gasteiger partial charge in [-0.3, -0.25) is 0 Å². The monoisotopic (exact) mass is 289 g/mol. The second-order valence-corrected chi connectivity index (χ2v) is 5.67. The van der Waals surface area contributed by atoms with Crippen LogP contribution in [0.3, 0.4) is 0 Å². The van der Waals surface area contributed by atoms with Gasteiger partial charge in [-0.25, -0.2) is 4.39 Å². The van der Waals surface area contributed by atoms with Gasteiger partial charge in [-0.2, -0.15) is 0 Å². The Morgan fingerprint density at radius 3 is 2.56 bits per heavy atom. The van der Waals surface area contributed by atoms with E-state index in [1.54, 1.807) is 6.07 Å². The molecule has 1 unspecified atom stereocenters. The highest BCUT2D eigenvalue weighted by atomic mass is 79.9. The molecule has 1 rings (SSSR count). The van der Waals surface area contributed by atoms with E-state index in [0.29, 0.717) is 16.6 Å². The molecule has 0 aromatic heterocycles. The summed E-state index contributed by atoms with van der Waals surface area (Å²) in [5.74, 6) is -0.313. The first-order valence-electron chi connectivity index (χ1n) is 5.17. The van der Waals surface area contributed by atoms with Crippen molar-refractivity contribution in [3.63, 3.8) is 0 Å². The van der Waals surface area contributed by atoms with Crippen LogP contribution in [0.4, 0.5) is 4.39 Å². The summed E-state index contributed by atoms with van der Waals surface area (Å²) >= 11 is 3.24. The van der Waals surface area contributed by atoms with Crippen molar-refractivity contribution in [2.45, 2.75) is 32.4 Å². The molecule has 90 valence electrons. The summed E-state index contributed by atoms with van der Waals surface area (Å²) in [6.07, 6.45) is -0.644. The molecule has 0 radical (unpaired) electrons. The summed E-state index contributed by atoms with van der Waals surface area (Å²) in [5.41, 5.74) is 0.645. The number of aliphatic hydroxyl groups is 1. The third kappa shape index (κ3) is 4.20. The van der Waals surface area contributed by atoms with Gasteiger partial charge in [0.05, 0.1) is 6.10 Å². The van der Waals surface area contributed by atoms with Gasteiger partial charge in [-0.1, -0.05) is 22.0 Å². The van der Waals surface area contributed by atoms with Crippen molar-refractivity contribution >= 4 is 15.9 Å². The van der Waals surface area contributed by atoms with Crippen LogP contribution in [0.15, 0.2) is 22.7 Å². The third-order valence-electron chi connectivity index (χ3n) is 2.15. The molecule has 0 bridgehead atoms. The summed E-state index contributed by atoms with van der Waals surface area (Å²) in [6.45, 7) is 6.52. The molecule has 2 nitrogen and oxygen atoms in total. The van der Waals surface area contributed by atoms with E-state index >= 15 is 0 Å². The van der Waals surface area contributed by atoms with Gasteiger partial charge in [0.25, 0.3) is 0 Å². The van der Waals surface area contributed by atoms with Crippen molar-refractivity contribution in [3.05, 3.63) is 34.1 Å². The van der Waals surface area contributed by atoms with Gasteiger partial charge in [0, 0.05) is 16.6 Å². The Morgan fingerprint density at radius 1 is 1.44 bits per heavy atom. The molecule has 0 aliphatic heterocycles. The zero-order valence-electron chi connectivity index (χ0n) is 9.72. The second-order valence-electron chi connectivity index (χ2n) is 4.81. The fraction of sp³-hybridized carbons (Fsp3) is 0.500. The maximum absolute atomic E-state index is 12.9. The van der Waals surface area contributed by atoms with Crippen LogP contribution in [-0.2, 0) is 0 Å². The Labute approximate surface area is 104 Å². The van der Waals surface area contributed by atoms with Gasteiger partial charge in [0.2, 0.25) is 0 Å². The van der Waals surface area contributed by atoms with Crippen molar-refractivity contribution < 1.29 is 9.50 Å². The van der Waals surface area contributed by atoms with Crippen molar-refractivity contribution in [1.29, 1.82) is 0 Å². The number of hydrogen-bond donors (Lipinski definition) is 2. The molecule has 0 heterocycles. The average Bonchev–Trinajstić information content (AvgIpc) is 2.13. The summed E-state index contributed by atoms with van der Waals surface area (Å²) < 4.78 is 13.5. The maximum Gasteiger partial charge on any atom is 0.124 e. The molecule has 0 saturated carbocycles. The Hall–Kier alpha value is -0.450. The van der Waals surface area contributed by atoms with E-state index in [9.17, 15) is 9.50 Å². The van der Waals surface area contributed by atoms with Crippen LogP contribution in [-0.4, -0.2) is 17.2 Å². The standard InChI is InChI=1S/C12H17BrFNO/c1-12(2,3)15-7-11(16)9-5-4-8(14)6-10(9)13/h4-6,11,15-16H,7H2,1-3H3. The number of benzene rings is 1. The first kappa shape index (κ1) is 13.6. The molecule has 4 heteroatoms. The van der Waals surface area contributed by atoms with E-state index in [4.69, 9.17) is 0 Å². The van der Waals surface area contributed by atoms with Crippen molar-refractivity contribution in [2.75, 3.05) is 6.54 Å². The zero-order valence-corrected chi connectivity index (χ0v) is 11.3. The minimum atomic E-state index is -0.644. The van der Waals surface area contributed by atoms with Crippen molar-refractivity contribution in [1.82, 2.24) is 5.32 Å². The SMILES string of the molecule is CC(C)(C)NCC(O)c1ccc(F)cc1Br. The molecule has 0 fully saturated rings. The Bertz CT molecular complexity index is 363. The maximum atomic E-state index is 12.9. The number of hydrogen-bond acceptors (Lipinski definition) is 2. The minimum Gasteiger partial charge on any atom is -0.387 e. The molecule has 0 aliphatic rings. The molecule has 0 spiro atoms. The van der Waals surface area contributed by atoms with Crippen LogP contribution < -0.4 is 5.32 Å². The van der Waals surface area contributed by atoms with Crippen molar-refractivity contribution in [2.24, 2.45) is 0 Å². The van der Waals surface area contributed by atoms with Crippen LogP contribution in [0.1, 0.15) is 32.4 Å². The summed E-state index contributed by atoms with van der Waals surface area (Å²) in [7, 11) is 0. The summed E-state index contributed by atoms with van der Waals surface area (Å²) in [6, 6.07) is 4.30. The molecule has 16 heavy (non-hydrogen) atoms. The van der Waals surface area contributed by atoms with Gasteiger partial charge >= 0.3 is 0 Å². The number of aliphatic hydroxyl groups excluding tert-OH is 1. The number of nitrogens with one attached hydrogen (secondary N) is 1. The van der Waals surface area contributed by atoms with E-state index in [2.05, 4.69) is 21.2 Å². The van der Waals surface area contributed by atoms with Gasteiger partial charge in [0.15, 0.2) is 0 Å². The number of β-amino-alcohol motifs (C(OH)–C–C–N with tert-alkyl or cyclic N) is 1. The third-order valence-corrected chi connectivity index (χ3v) is 2.83. The fourth-order valence-electron chi connectivity index (χ4n) is 1.28. The molecule has 0 amide bonds. The van der Waals surface area contributed by atoms with Crippen LogP contribution in [0.25, 0.3) is 0 Å². The van der Waals surface area contributed by atoms with Crippen molar-refractivity contribution in [3.8, 4) is 0 Å². The average molecular weight is 290 g/mol. The number of halogens is 2. The molecule has 2 N–H and O–H groups in total. The quantitative estimate of drug-likeness (QED) is 0.897. The van der Waals surface area contributed by atoms with Gasteiger partial charge in [-0.05, 0) is 38.5 Å². The molecule has 1 aromatic rings. The lowest BCUT2D eigenvalue weighted by Gasteiger charge is -2.23. The van der Waals surface area contributed by atoms with Crippen LogP contribution in [0, 0.1) is 5.82 Å². The fourth-order valence-corrected chi connectivity index (χ4v) is 1.90. The van der Waals surface area contributed by atoms with Gasteiger partial charge in [0.1, 0.15) is 5.82 Å². The lowest BCUT2D eigenvalue weighted by atomic mass is 10.1. The normalized spacial score (nSPS) is 13.9. The van der Waals surface area contributed by atoms with Crippen LogP contribution in [0.5, 0.6) is 0 Å². The second kappa shape index (κ2) is 5.25. The molecule has 1 atom stereocenters. The molecule has 0 saturated heterocycles. The van der Waals surface area contributed by atoms with E-state index in [0.717, 1.165) is 0 Å². The summed E-state index contributed by atoms with van der Waals surface area (Å²) in [5, 5.41) is 13.1. The Kier molecular flexibility index (Phi) is 4.47. The highest BCUT2D eigenvalue weighted by molar-refractivity contribution is 9.10. The van der Waals surface area contributed by atoms with Crippen LogP contribution in [0.2, 0.25) is 0 Å². The first-order valence-corrected chi connectivity index (χ1v) is 5.97. The van der Waals surface area contributed by atoms with E-state index < -0.39 is 6.10 Å². The van der Waals surface area contributed by atoms with E-state index in [-0.39, 0.29) is 11.4 Å². The summed E-state index contributed by atoms with van der Waals surface area (Å²) in [4.78, 5) is 0. The molecular weight excluding hydrogens is 273 g/mol. The molecule has 1 aromatic carbocycles. The Morgan fingerprint density at radius 2 is 2.06 bits per heavy atom. The smallest absolute Gasteiger partial charge is 0.124 e. The predicted octanol–water partition coefficient (Wildman–Crippen LogP) is 3.01. The predicted molar refractivity (Wildman–Crippen MR) is 66.8 cm³/mol. The number of rotatable bonds is 3. The molecule has 0 aliphatic carbocycles. The van der Waals surface area contributed by atoms with E-state index in [1.165, 1.54) is 12.1 Å². The van der Waals surface area contributed by atoms with E-state index in [1.807, 2.05) is 20.8 Å². The topological polar surface area (TPSA) is 32.3 Å². The zero-order chi connectivity index (χ0) is 12.3. The van der Waals surface area contributed by atoms with Gasteiger partial charge < -0.3 is 10.4 Å². The largest absolute Gasteiger partial charge is 0.387 e. The first-order chi connectivity index (χ1) is 7.29. The highest BCUT2D eigenvalue weighted by Gasteiger charge is 2.15. The lowest BCUT2D eigenvalue weighted by molar-refractivity contribution is 0.162. The highest BCUT2D eigenvalue weighted by Crippen LogP contribution is 2.24. The lowest BCUT2D eigenvalue weighted by Crippen LogP contribution is -2.38. The minimum absolute atomic E-state index is 0.0481. The Balaban J connectivity index is 2.70. The molecular formula is C12H17BrFNO. The van der Waals surface area contributed by atoms with Gasteiger partial charge in [-0.15, -0.1) is 0 Å². The van der Waals surface area contributed by atoms with Crippen LogP contribution >= 0.6 is 15.9 Å².